The Morgan fingerprint density at radius 1 is 1.20 bits per heavy atom. The molecule has 2 N–H and O–H groups in total. The van der Waals surface area contributed by atoms with Crippen LogP contribution in [0.1, 0.15) is 18.6 Å². The summed E-state index contributed by atoms with van der Waals surface area (Å²) < 4.78 is 20.4. The second kappa shape index (κ2) is 8.05. The number of methoxy groups -OCH3 is 1. The zero-order valence-electron chi connectivity index (χ0n) is 15.9. The highest BCUT2D eigenvalue weighted by Gasteiger charge is 2.19. The molecule has 10 nitrogen and oxygen atoms in total. The molecular weight excluding hydrogens is 415 g/mol. The first-order valence-corrected chi connectivity index (χ1v) is 9.15. The molecule has 4 rings (SSSR count). The largest absolute Gasteiger partial charge is 0.377 e. The van der Waals surface area contributed by atoms with Gasteiger partial charge in [0.25, 0.3) is 0 Å². The molecule has 0 aliphatic carbocycles. The number of nitrogens with zero attached hydrogens (tertiary/aromatic N) is 6. The van der Waals surface area contributed by atoms with E-state index in [9.17, 15) is 9.18 Å². The molecule has 0 spiro atoms. The number of carbonyl (C=O) groups is 1. The van der Waals surface area contributed by atoms with E-state index >= 15 is 0 Å². The summed E-state index contributed by atoms with van der Waals surface area (Å²) in [6.07, 6.45) is 5.36. The summed E-state index contributed by atoms with van der Waals surface area (Å²) in [6.45, 7) is 1.79. The van der Waals surface area contributed by atoms with Gasteiger partial charge in [0.2, 0.25) is 5.95 Å². The lowest BCUT2D eigenvalue weighted by Gasteiger charge is -2.17. The first-order valence-electron chi connectivity index (χ1n) is 8.77. The lowest BCUT2D eigenvalue weighted by molar-refractivity contribution is 0.121. The van der Waals surface area contributed by atoms with E-state index in [2.05, 4.69) is 30.9 Å². The van der Waals surface area contributed by atoms with E-state index in [1.54, 1.807) is 13.0 Å². The molecule has 4 heterocycles. The second-order valence-electron chi connectivity index (χ2n) is 6.23. The number of aromatic nitrogens is 6. The highest BCUT2D eigenvalue weighted by Crippen LogP contribution is 2.30. The SMILES string of the molecule is CO[C@@H](C)c1c(NC(=O)Nc2cnc(-n3nccn3)c(Cl)c2)cnn2c(F)ccc12. The number of urea groups is 1. The Morgan fingerprint density at radius 2 is 1.97 bits per heavy atom. The maximum Gasteiger partial charge on any atom is 0.323 e. The predicted octanol–water partition coefficient (Wildman–Crippen LogP) is 3.45. The number of pyridine rings is 1. The minimum absolute atomic E-state index is 0.254. The van der Waals surface area contributed by atoms with Crippen molar-refractivity contribution >= 4 is 34.5 Å². The maximum absolute atomic E-state index is 13.9. The third-order valence-electron chi connectivity index (χ3n) is 4.37. The van der Waals surface area contributed by atoms with Gasteiger partial charge in [0.05, 0.1) is 52.8 Å². The average Bonchev–Trinajstić information content (AvgIpc) is 3.38. The van der Waals surface area contributed by atoms with Gasteiger partial charge in [-0.25, -0.2) is 14.3 Å². The molecule has 2 amide bonds. The van der Waals surface area contributed by atoms with Crippen LogP contribution in [-0.4, -0.2) is 42.7 Å². The predicted molar refractivity (Wildman–Crippen MR) is 107 cm³/mol. The second-order valence-corrected chi connectivity index (χ2v) is 6.64. The fourth-order valence-corrected chi connectivity index (χ4v) is 3.19. The van der Waals surface area contributed by atoms with Crippen LogP contribution in [0, 0.1) is 5.95 Å². The molecule has 0 aliphatic rings. The van der Waals surface area contributed by atoms with Crippen LogP contribution in [0.25, 0.3) is 11.3 Å². The van der Waals surface area contributed by atoms with Gasteiger partial charge in [0.1, 0.15) is 0 Å². The van der Waals surface area contributed by atoms with E-state index in [1.807, 2.05) is 0 Å². The summed E-state index contributed by atoms with van der Waals surface area (Å²) in [5.74, 6) is -0.188. The van der Waals surface area contributed by atoms with Gasteiger partial charge in [-0.3, -0.25) is 0 Å². The maximum atomic E-state index is 13.9. The number of nitrogens with one attached hydrogen (secondary N) is 2. The first kappa shape index (κ1) is 19.7. The van der Waals surface area contributed by atoms with Crippen molar-refractivity contribution in [2.75, 3.05) is 17.7 Å². The van der Waals surface area contributed by atoms with Crippen molar-refractivity contribution in [2.24, 2.45) is 0 Å². The van der Waals surface area contributed by atoms with Crippen molar-refractivity contribution in [1.82, 2.24) is 29.6 Å². The Hall–Kier alpha value is -3.57. The van der Waals surface area contributed by atoms with E-state index in [1.165, 1.54) is 48.8 Å². The van der Waals surface area contributed by atoms with Crippen molar-refractivity contribution < 1.29 is 13.9 Å². The number of ether oxygens (including phenoxy) is 1. The summed E-state index contributed by atoms with van der Waals surface area (Å²) in [4.78, 5) is 18.0. The number of rotatable bonds is 5. The van der Waals surface area contributed by atoms with Crippen LogP contribution in [0.4, 0.5) is 20.6 Å². The Balaban J connectivity index is 1.57. The number of hydrogen-bond acceptors (Lipinski definition) is 6. The minimum Gasteiger partial charge on any atom is -0.377 e. The molecule has 4 aromatic heterocycles. The molecule has 0 bridgehead atoms. The third-order valence-corrected chi connectivity index (χ3v) is 4.65. The molecule has 0 radical (unpaired) electrons. The molecule has 0 saturated carbocycles. The highest BCUT2D eigenvalue weighted by molar-refractivity contribution is 6.32. The quantitative estimate of drug-likeness (QED) is 0.501. The van der Waals surface area contributed by atoms with Crippen molar-refractivity contribution in [3.8, 4) is 5.82 Å². The third kappa shape index (κ3) is 3.67. The summed E-state index contributed by atoms with van der Waals surface area (Å²) in [5.41, 5.74) is 1.81. The van der Waals surface area contributed by atoms with Gasteiger partial charge in [0, 0.05) is 12.7 Å². The summed E-state index contributed by atoms with van der Waals surface area (Å²) in [5, 5.41) is 17.6. The number of anilines is 2. The van der Waals surface area contributed by atoms with Crippen LogP contribution in [0.2, 0.25) is 5.02 Å². The molecule has 30 heavy (non-hydrogen) atoms. The van der Waals surface area contributed by atoms with Gasteiger partial charge in [-0.15, -0.1) is 4.80 Å². The van der Waals surface area contributed by atoms with Gasteiger partial charge >= 0.3 is 6.03 Å². The van der Waals surface area contributed by atoms with Gasteiger partial charge in [0.15, 0.2) is 5.82 Å². The molecule has 154 valence electrons. The number of halogens is 2. The lowest BCUT2D eigenvalue weighted by atomic mass is 10.1. The molecule has 12 heteroatoms. The molecule has 4 aromatic rings. The minimum atomic E-state index is -0.555. The molecule has 0 unspecified atom stereocenters. The number of carbonyl (C=O) groups excluding carboxylic acids is 1. The monoisotopic (exact) mass is 430 g/mol. The van der Waals surface area contributed by atoms with Crippen molar-refractivity contribution in [3.63, 3.8) is 0 Å². The van der Waals surface area contributed by atoms with Crippen molar-refractivity contribution in [1.29, 1.82) is 0 Å². The van der Waals surface area contributed by atoms with E-state index in [4.69, 9.17) is 16.3 Å². The van der Waals surface area contributed by atoms with Crippen LogP contribution in [0.5, 0.6) is 0 Å². The van der Waals surface area contributed by atoms with Crippen LogP contribution in [0.15, 0.2) is 43.0 Å². The summed E-state index contributed by atoms with van der Waals surface area (Å²) in [7, 11) is 1.52. The van der Waals surface area contributed by atoms with Gasteiger partial charge < -0.3 is 15.4 Å². The van der Waals surface area contributed by atoms with Crippen LogP contribution < -0.4 is 10.6 Å². The van der Waals surface area contributed by atoms with Gasteiger partial charge in [-0.1, -0.05) is 11.6 Å². The zero-order chi connectivity index (χ0) is 21.3. The van der Waals surface area contributed by atoms with Crippen LogP contribution >= 0.6 is 11.6 Å². The molecule has 0 fully saturated rings. The standard InChI is InChI=1S/C18H16ClFN8O2/c1-10(30-2)16-13(9-24-27-14(16)3-4-15(27)20)26-18(29)25-11-7-12(19)17(21-8-11)28-22-5-6-23-28/h3-10H,1-2H3,(H2,25,26,29)/t10-/m0/s1. The van der Waals surface area contributed by atoms with Gasteiger partial charge in [-0.2, -0.15) is 19.7 Å². The Morgan fingerprint density at radius 3 is 2.67 bits per heavy atom. The first-order chi connectivity index (χ1) is 14.5. The van der Waals surface area contributed by atoms with E-state index in [-0.39, 0.29) is 5.02 Å². The number of fused-ring (bicyclic) bond motifs is 1. The van der Waals surface area contributed by atoms with Crippen LogP contribution in [0.3, 0.4) is 0 Å². The summed E-state index contributed by atoms with van der Waals surface area (Å²) in [6, 6.07) is 3.83. The van der Waals surface area contributed by atoms with Crippen molar-refractivity contribution in [2.45, 2.75) is 13.0 Å². The molecule has 1 atom stereocenters. The van der Waals surface area contributed by atoms with E-state index in [0.717, 1.165) is 4.52 Å². The van der Waals surface area contributed by atoms with E-state index < -0.39 is 18.1 Å². The smallest absolute Gasteiger partial charge is 0.323 e. The fourth-order valence-electron chi connectivity index (χ4n) is 2.95. The van der Waals surface area contributed by atoms with Crippen LogP contribution in [-0.2, 0) is 4.74 Å². The number of amides is 2. The number of hydrogen-bond donors (Lipinski definition) is 2. The molecule has 0 saturated heterocycles. The molecule has 0 aliphatic heterocycles. The average molecular weight is 431 g/mol. The van der Waals surface area contributed by atoms with Crippen molar-refractivity contribution in [3.05, 3.63) is 59.5 Å². The molecule has 0 aromatic carbocycles. The molecular formula is C18H16ClFN8O2. The highest BCUT2D eigenvalue weighted by atomic mass is 35.5. The Labute approximate surface area is 174 Å². The normalized spacial score (nSPS) is 12.1. The fraction of sp³-hybridized carbons (Fsp3) is 0.167. The zero-order valence-corrected chi connectivity index (χ0v) is 16.6. The Kier molecular flexibility index (Phi) is 5.29. The van der Waals surface area contributed by atoms with E-state index in [0.29, 0.717) is 28.3 Å². The van der Waals surface area contributed by atoms with Gasteiger partial charge in [-0.05, 0) is 25.1 Å². The summed E-state index contributed by atoms with van der Waals surface area (Å²) >= 11 is 6.22. The topological polar surface area (TPSA) is 111 Å². The lowest BCUT2D eigenvalue weighted by Crippen LogP contribution is -2.22. The Bertz CT molecular complexity index is 1210.